The second-order valence-corrected chi connectivity index (χ2v) is 8.15. The third-order valence-electron chi connectivity index (χ3n) is 4.79. The van der Waals surface area contributed by atoms with Gasteiger partial charge in [-0.05, 0) is 58.7 Å². The molecule has 30 heavy (non-hydrogen) atoms. The summed E-state index contributed by atoms with van der Waals surface area (Å²) in [5, 5.41) is 3.86. The third kappa shape index (κ3) is 4.62. The molecule has 5 heteroatoms. The molecule has 0 amide bonds. The Morgan fingerprint density at radius 1 is 0.833 bits per heavy atom. The highest BCUT2D eigenvalue weighted by atomic mass is 35.5. The Morgan fingerprint density at radius 3 is 2.33 bits per heavy atom. The molecule has 4 rings (SSSR count). The van der Waals surface area contributed by atoms with Crippen molar-refractivity contribution in [2.75, 3.05) is 0 Å². The Labute approximate surface area is 190 Å². The SMILES string of the molecule is Cc1ccc(N=Cc2cc(Cl)c(OCc3cccc4ccccc34)c(Cl)c2)cc1Cl. The van der Waals surface area contributed by atoms with Crippen molar-refractivity contribution >= 4 is 57.5 Å². The largest absolute Gasteiger partial charge is 0.486 e. The number of hydrogen-bond donors (Lipinski definition) is 0. The molecule has 0 spiro atoms. The van der Waals surface area contributed by atoms with Gasteiger partial charge in [-0.3, -0.25) is 4.99 Å². The summed E-state index contributed by atoms with van der Waals surface area (Å²) in [6, 6.07) is 23.5. The molecule has 150 valence electrons. The molecule has 4 aromatic rings. The van der Waals surface area contributed by atoms with Gasteiger partial charge in [0.25, 0.3) is 0 Å². The molecule has 0 bridgehead atoms. The van der Waals surface area contributed by atoms with E-state index in [1.807, 2.05) is 49.4 Å². The molecule has 0 aliphatic heterocycles. The summed E-state index contributed by atoms with van der Waals surface area (Å²) in [5.74, 6) is 0.460. The smallest absolute Gasteiger partial charge is 0.157 e. The van der Waals surface area contributed by atoms with Crippen LogP contribution in [0.15, 0.2) is 77.8 Å². The lowest BCUT2D eigenvalue weighted by molar-refractivity contribution is 0.308. The van der Waals surface area contributed by atoms with Crippen LogP contribution in [-0.4, -0.2) is 6.21 Å². The molecule has 0 radical (unpaired) electrons. The minimum absolute atomic E-state index is 0.371. The van der Waals surface area contributed by atoms with Crippen LogP contribution in [0, 0.1) is 6.92 Å². The number of nitrogens with zero attached hydrogens (tertiary/aromatic N) is 1. The van der Waals surface area contributed by atoms with E-state index in [4.69, 9.17) is 39.5 Å². The quantitative estimate of drug-likeness (QED) is 0.277. The molecule has 0 heterocycles. The van der Waals surface area contributed by atoms with Gasteiger partial charge < -0.3 is 4.74 Å². The molecule has 0 saturated heterocycles. The molecular weight excluding hydrogens is 437 g/mol. The normalized spacial score (nSPS) is 11.3. The first-order valence-corrected chi connectivity index (χ1v) is 10.5. The molecule has 0 unspecified atom stereocenters. The van der Waals surface area contributed by atoms with Crippen LogP contribution in [0.5, 0.6) is 5.75 Å². The first-order valence-electron chi connectivity index (χ1n) is 9.40. The van der Waals surface area contributed by atoms with Crippen LogP contribution in [0.4, 0.5) is 5.69 Å². The molecular formula is C25H18Cl3NO. The summed E-state index contributed by atoms with van der Waals surface area (Å²) < 4.78 is 5.98. The summed E-state index contributed by atoms with van der Waals surface area (Å²) in [6.45, 7) is 2.32. The zero-order valence-electron chi connectivity index (χ0n) is 16.2. The molecule has 0 fully saturated rings. The van der Waals surface area contributed by atoms with Crippen LogP contribution in [0.3, 0.4) is 0 Å². The highest BCUT2D eigenvalue weighted by molar-refractivity contribution is 6.37. The lowest BCUT2D eigenvalue weighted by Gasteiger charge is -2.12. The third-order valence-corrected chi connectivity index (χ3v) is 5.76. The lowest BCUT2D eigenvalue weighted by atomic mass is 10.1. The minimum atomic E-state index is 0.371. The van der Waals surface area contributed by atoms with Crippen molar-refractivity contribution in [2.24, 2.45) is 4.99 Å². The summed E-state index contributed by atoms with van der Waals surface area (Å²) in [6.07, 6.45) is 1.70. The molecule has 0 aromatic heterocycles. The van der Waals surface area contributed by atoms with E-state index in [-0.39, 0.29) is 0 Å². The second-order valence-electron chi connectivity index (χ2n) is 6.93. The van der Waals surface area contributed by atoms with Crippen molar-refractivity contribution in [3.05, 3.63) is 105 Å². The molecule has 2 nitrogen and oxygen atoms in total. The van der Waals surface area contributed by atoms with Crippen LogP contribution in [0.1, 0.15) is 16.7 Å². The molecule has 0 atom stereocenters. The van der Waals surface area contributed by atoms with E-state index in [2.05, 4.69) is 23.2 Å². The van der Waals surface area contributed by atoms with Gasteiger partial charge in [0.05, 0.1) is 15.7 Å². The van der Waals surface area contributed by atoms with Crippen LogP contribution < -0.4 is 4.74 Å². The maximum Gasteiger partial charge on any atom is 0.157 e. The van der Waals surface area contributed by atoms with Gasteiger partial charge in [-0.1, -0.05) is 83.3 Å². The van der Waals surface area contributed by atoms with Crippen molar-refractivity contribution in [3.63, 3.8) is 0 Å². The molecule has 0 saturated carbocycles. The van der Waals surface area contributed by atoms with Crippen molar-refractivity contribution in [1.29, 1.82) is 0 Å². The number of benzene rings is 4. The zero-order chi connectivity index (χ0) is 21.1. The van der Waals surface area contributed by atoms with Gasteiger partial charge in [-0.15, -0.1) is 0 Å². The van der Waals surface area contributed by atoms with Crippen LogP contribution in [-0.2, 0) is 6.61 Å². The Balaban J connectivity index is 1.54. The maximum absolute atomic E-state index is 6.45. The van der Waals surface area contributed by atoms with E-state index >= 15 is 0 Å². The summed E-state index contributed by atoms with van der Waals surface area (Å²) in [5.41, 5.74) is 3.62. The monoisotopic (exact) mass is 453 g/mol. The number of aliphatic imine (C=N–C) groups is 1. The molecule has 0 aliphatic rings. The summed E-state index contributed by atoms with van der Waals surface area (Å²) >= 11 is 19.1. The summed E-state index contributed by atoms with van der Waals surface area (Å²) in [4.78, 5) is 4.45. The first-order chi connectivity index (χ1) is 14.5. The summed E-state index contributed by atoms with van der Waals surface area (Å²) in [7, 11) is 0. The van der Waals surface area contributed by atoms with Gasteiger partial charge in [0.1, 0.15) is 6.61 Å². The fraction of sp³-hybridized carbons (Fsp3) is 0.0800. The van der Waals surface area contributed by atoms with Gasteiger partial charge in [0.2, 0.25) is 0 Å². The highest BCUT2D eigenvalue weighted by Gasteiger charge is 2.11. The second kappa shape index (κ2) is 9.09. The average Bonchev–Trinajstić information content (AvgIpc) is 2.74. The first kappa shape index (κ1) is 20.7. The van der Waals surface area contributed by atoms with Crippen molar-refractivity contribution in [1.82, 2.24) is 0 Å². The van der Waals surface area contributed by atoms with Crippen molar-refractivity contribution in [3.8, 4) is 5.75 Å². The van der Waals surface area contributed by atoms with E-state index in [1.165, 1.54) is 5.39 Å². The predicted molar refractivity (Wildman–Crippen MR) is 128 cm³/mol. The van der Waals surface area contributed by atoms with E-state index in [0.29, 0.717) is 27.4 Å². The van der Waals surface area contributed by atoms with Gasteiger partial charge in [-0.2, -0.15) is 0 Å². The maximum atomic E-state index is 6.45. The van der Waals surface area contributed by atoms with Gasteiger partial charge >= 0.3 is 0 Å². The Morgan fingerprint density at radius 2 is 1.57 bits per heavy atom. The predicted octanol–water partition coefficient (Wildman–Crippen LogP) is 8.44. The Bertz CT molecular complexity index is 1220. The highest BCUT2D eigenvalue weighted by Crippen LogP contribution is 2.35. The van der Waals surface area contributed by atoms with E-state index in [1.54, 1.807) is 18.3 Å². The molecule has 0 aliphatic carbocycles. The lowest BCUT2D eigenvalue weighted by Crippen LogP contribution is -1.98. The number of ether oxygens (including phenoxy) is 1. The number of hydrogen-bond acceptors (Lipinski definition) is 2. The van der Waals surface area contributed by atoms with Crippen molar-refractivity contribution < 1.29 is 4.74 Å². The standard InChI is InChI=1S/C25H18Cl3NO/c1-16-9-10-20(13-22(16)26)29-14-17-11-23(27)25(24(28)12-17)30-15-19-7-4-6-18-5-2-3-8-21(18)19/h2-14H,15H2,1H3. The van der Waals surface area contributed by atoms with E-state index in [0.717, 1.165) is 27.8 Å². The van der Waals surface area contributed by atoms with Crippen LogP contribution >= 0.6 is 34.8 Å². The van der Waals surface area contributed by atoms with E-state index in [9.17, 15) is 0 Å². The topological polar surface area (TPSA) is 21.6 Å². The minimum Gasteiger partial charge on any atom is -0.486 e. The Kier molecular flexibility index (Phi) is 6.29. The molecule has 0 N–H and O–H groups in total. The number of aryl methyl sites for hydroxylation is 1. The number of fused-ring (bicyclic) bond motifs is 1. The average molecular weight is 455 g/mol. The zero-order valence-corrected chi connectivity index (χ0v) is 18.5. The van der Waals surface area contributed by atoms with E-state index < -0.39 is 0 Å². The van der Waals surface area contributed by atoms with Crippen molar-refractivity contribution in [2.45, 2.75) is 13.5 Å². The van der Waals surface area contributed by atoms with Gasteiger partial charge in [-0.25, -0.2) is 0 Å². The number of halogens is 3. The fourth-order valence-electron chi connectivity index (χ4n) is 3.17. The Hall–Kier alpha value is -2.52. The van der Waals surface area contributed by atoms with Crippen LogP contribution in [0.25, 0.3) is 10.8 Å². The fourth-order valence-corrected chi connectivity index (χ4v) is 3.96. The number of rotatable bonds is 5. The molecule has 4 aromatic carbocycles. The van der Waals surface area contributed by atoms with Gasteiger partial charge in [0.15, 0.2) is 5.75 Å². The van der Waals surface area contributed by atoms with Gasteiger partial charge in [0, 0.05) is 11.2 Å². The van der Waals surface area contributed by atoms with Crippen LogP contribution in [0.2, 0.25) is 15.1 Å².